The van der Waals surface area contributed by atoms with Gasteiger partial charge in [-0.1, -0.05) is 23.9 Å². The molecule has 8 heteroatoms. The molecule has 1 aromatic heterocycles. The average molecular weight is 550 g/mol. The van der Waals surface area contributed by atoms with Crippen molar-refractivity contribution >= 4 is 45.9 Å². The van der Waals surface area contributed by atoms with Crippen molar-refractivity contribution in [3.05, 3.63) is 62.0 Å². The van der Waals surface area contributed by atoms with Crippen LogP contribution in [0, 0.1) is 31.3 Å². The second-order valence-corrected chi connectivity index (χ2v) is 9.57. The summed E-state index contributed by atoms with van der Waals surface area (Å²) in [5.74, 6) is 1.80. The van der Waals surface area contributed by atoms with Crippen LogP contribution in [-0.2, 0) is 17.9 Å². The quantitative estimate of drug-likeness (QED) is 0.299. The largest absolute Gasteiger partial charge is 0.485 e. The van der Waals surface area contributed by atoms with Crippen LogP contribution in [0.4, 0.5) is 5.69 Å². The molecule has 0 aliphatic heterocycles. The minimum absolute atomic E-state index is 0.0590. The lowest BCUT2D eigenvalue weighted by molar-refractivity contribution is -0.113. The Labute approximate surface area is 201 Å². The number of ether oxygens (including phenoxy) is 1. The zero-order valence-electron chi connectivity index (χ0n) is 18.5. The predicted octanol–water partition coefficient (Wildman–Crippen LogP) is 5.45. The van der Waals surface area contributed by atoms with E-state index >= 15 is 0 Å². The van der Waals surface area contributed by atoms with Crippen molar-refractivity contribution in [1.82, 2.24) is 14.8 Å². The first-order valence-electron chi connectivity index (χ1n) is 10.1. The third kappa shape index (κ3) is 5.79. The summed E-state index contributed by atoms with van der Waals surface area (Å²) in [7, 11) is 0. The molecule has 1 amide bonds. The Hall–Kier alpha value is -2.07. The molecular formula is C23H27IN4O2S. The minimum atomic E-state index is -0.0590. The van der Waals surface area contributed by atoms with Gasteiger partial charge in [0.15, 0.2) is 11.0 Å². The molecule has 0 atom stereocenters. The molecule has 1 N–H and O–H groups in total. The molecule has 3 aromatic rings. The minimum Gasteiger partial charge on any atom is -0.485 e. The SMILES string of the molecule is CCn1c(COc2cccc(C)c2C)nnc1SCC(=O)Nc1c(C)cc(I)cc1C. The number of hydrogen-bond donors (Lipinski definition) is 1. The molecule has 0 radical (unpaired) electrons. The zero-order chi connectivity index (χ0) is 22.5. The van der Waals surface area contributed by atoms with Gasteiger partial charge < -0.3 is 14.6 Å². The molecule has 1 heterocycles. The van der Waals surface area contributed by atoms with Gasteiger partial charge in [0.1, 0.15) is 12.4 Å². The summed E-state index contributed by atoms with van der Waals surface area (Å²) in [6.07, 6.45) is 0. The maximum Gasteiger partial charge on any atom is 0.234 e. The fourth-order valence-electron chi connectivity index (χ4n) is 3.29. The number of carbonyl (C=O) groups is 1. The average Bonchev–Trinajstić information content (AvgIpc) is 3.12. The number of nitrogens with zero attached hydrogens (tertiary/aromatic N) is 3. The van der Waals surface area contributed by atoms with E-state index in [4.69, 9.17) is 4.74 Å². The summed E-state index contributed by atoms with van der Waals surface area (Å²) >= 11 is 3.67. The van der Waals surface area contributed by atoms with E-state index in [1.807, 2.05) is 44.4 Å². The van der Waals surface area contributed by atoms with Crippen LogP contribution in [-0.4, -0.2) is 26.4 Å². The molecule has 3 rings (SSSR count). The number of anilines is 1. The summed E-state index contributed by atoms with van der Waals surface area (Å²) in [5.41, 5.74) is 5.31. The number of hydrogen-bond acceptors (Lipinski definition) is 5. The van der Waals surface area contributed by atoms with Crippen molar-refractivity contribution in [2.24, 2.45) is 0 Å². The maximum absolute atomic E-state index is 12.5. The van der Waals surface area contributed by atoms with Crippen molar-refractivity contribution in [2.45, 2.75) is 52.9 Å². The van der Waals surface area contributed by atoms with E-state index in [1.54, 1.807) is 0 Å². The third-order valence-corrected chi connectivity index (χ3v) is 6.71. The topological polar surface area (TPSA) is 69.0 Å². The van der Waals surface area contributed by atoms with Gasteiger partial charge in [-0.3, -0.25) is 4.79 Å². The Balaban J connectivity index is 1.63. The standard InChI is InChI=1S/C23H27IN4O2S/c1-6-28-20(12-30-19-9-7-8-14(2)17(19)5)26-27-23(28)31-13-21(29)25-22-15(3)10-18(24)11-16(22)4/h7-11H,6,12-13H2,1-5H3,(H,25,29). The highest BCUT2D eigenvalue weighted by molar-refractivity contribution is 14.1. The Morgan fingerprint density at radius 1 is 1.13 bits per heavy atom. The molecule has 0 saturated heterocycles. The summed E-state index contributed by atoms with van der Waals surface area (Å²) in [5, 5.41) is 12.3. The lowest BCUT2D eigenvalue weighted by Crippen LogP contribution is -2.16. The van der Waals surface area contributed by atoms with E-state index in [-0.39, 0.29) is 11.7 Å². The molecule has 2 aromatic carbocycles. The van der Waals surface area contributed by atoms with E-state index in [0.29, 0.717) is 18.3 Å². The summed E-state index contributed by atoms with van der Waals surface area (Å²) in [6, 6.07) is 10.1. The molecule has 31 heavy (non-hydrogen) atoms. The molecule has 164 valence electrons. The van der Waals surface area contributed by atoms with E-state index in [2.05, 4.69) is 63.2 Å². The van der Waals surface area contributed by atoms with E-state index < -0.39 is 0 Å². The number of halogens is 1. The Morgan fingerprint density at radius 2 is 1.84 bits per heavy atom. The number of amides is 1. The van der Waals surface area contributed by atoms with Crippen LogP contribution in [0.3, 0.4) is 0 Å². The molecular weight excluding hydrogens is 523 g/mol. The van der Waals surface area contributed by atoms with Crippen molar-refractivity contribution in [1.29, 1.82) is 0 Å². The van der Waals surface area contributed by atoms with Gasteiger partial charge in [0.05, 0.1) is 5.75 Å². The molecule has 0 unspecified atom stereocenters. The normalized spacial score (nSPS) is 10.9. The van der Waals surface area contributed by atoms with Gasteiger partial charge in [-0.25, -0.2) is 0 Å². The van der Waals surface area contributed by atoms with Crippen LogP contribution in [0.15, 0.2) is 35.5 Å². The second kappa shape index (κ2) is 10.5. The van der Waals surface area contributed by atoms with Crippen LogP contribution in [0.2, 0.25) is 0 Å². The van der Waals surface area contributed by atoms with Crippen LogP contribution >= 0.6 is 34.4 Å². The van der Waals surface area contributed by atoms with E-state index in [9.17, 15) is 4.79 Å². The van der Waals surface area contributed by atoms with Gasteiger partial charge in [-0.05, 0) is 97.7 Å². The second-order valence-electron chi connectivity index (χ2n) is 7.38. The van der Waals surface area contributed by atoms with Gasteiger partial charge in [0.25, 0.3) is 0 Å². The number of nitrogens with one attached hydrogen (secondary N) is 1. The van der Waals surface area contributed by atoms with Gasteiger partial charge in [0.2, 0.25) is 5.91 Å². The fraction of sp³-hybridized carbons (Fsp3) is 0.348. The Morgan fingerprint density at radius 3 is 2.52 bits per heavy atom. The predicted molar refractivity (Wildman–Crippen MR) is 134 cm³/mol. The lowest BCUT2D eigenvalue weighted by Gasteiger charge is -2.13. The molecule has 0 aliphatic rings. The van der Waals surface area contributed by atoms with Gasteiger partial charge in [0, 0.05) is 15.8 Å². The number of aryl methyl sites for hydroxylation is 3. The summed E-state index contributed by atoms with van der Waals surface area (Å²) in [4.78, 5) is 12.5. The van der Waals surface area contributed by atoms with Crippen molar-refractivity contribution in [2.75, 3.05) is 11.1 Å². The van der Waals surface area contributed by atoms with E-state index in [0.717, 1.165) is 37.5 Å². The van der Waals surface area contributed by atoms with Gasteiger partial charge in [-0.2, -0.15) is 0 Å². The van der Waals surface area contributed by atoms with Gasteiger partial charge in [-0.15, -0.1) is 10.2 Å². The summed E-state index contributed by atoms with van der Waals surface area (Å²) < 4.78 is 9.14. The smallest absolute Gasteiger partial charge is 0.234 e. The molecule has 0 saturated carbocycles. The molecule has 0 fully saturated rings. The zero-order valence-corrected chi connectivity index (χ0v) is 21.4. The molecule has 0 bridgehead atoms. The van der Waals surface area contributed by atoms with Crippen LogP contribution < -0.4 is 10.1 Å². The first-order valence-corrected chi connectivity index (χ1v) is 12.2. The summed E-state index contributed by atoms with van der Waals surface area (Å²) in [6.45, 7) is 11.2. The highest BCUT2D eigenvalue weighted by Crippen LogP contribution is 2.25. The highest BCUT2D eigenvalue weighted by Gasteiger charge is 2.15. The fourth-order valence-corrected chi connectivity index (χ4v) is 5.04. The van der Waals surface area contributed by atoms with Crippen LogP contribution in [0.25, 0.3) is 0 Å². The number of carbonyl (C=O) groups excluding carboxylic acids is 1. The molecule has 6 nitrogen and oxygen atoms in total. The number of thioether (sulfide) groups is 1. The number of benzene rings is 2. The van der Waals surface area contributed by atoms with Crippen molar-refractivity contribution in [3.63, 3.8) is 0 Å². The first-order chi connectivity index (χ1) is 14.8. The molecule has 0 spiro atoms. The van der Waals surface area contributed by atoms with Crippen molar-refractivity contribution in [3.8, 4) is 5.75 Å². The maximum atomic E-state index is 12.5. The Bertz CT molecular complexity index is 1070. The number of aromatic nitrogens is 3. The third-order valence-electron chi connectivity index (χ3n) is 5.12. The first kappa shape index (κ1) is 23.6. The molecule has 0 aliphatic carbocycles. The van der Waals surface area contributed by atoms with Crippen molar-refractivity contribution < 1.29 is 9.53 Å². The number of rotatable bonds is 8. The van der Waals surface area contributed by atoms with E-state index in [1.165, 1.54) is 17.3 Å². The van der Waals surface area contributed by atoms with Gasteiger partial charge >= 0.3 is 0 Å². The van der Waals surface area contributed by atoms with Crippen LogP contribution in [0.5, 0.6) is 5.75 Å². The van der Waals surface area contributed by atoms with Crippen LogP contribution in [0.1, 0.15) is 35.0 Å². The lowest BCUT2D eigenvalue weighted by atomic mass is 10.1. The Kier molecular flexibility index (Phi) is 7.99. The monoisotopic (exact) mass is 550 g/mol. The highest BCUT2D eigenvalue weighted by atomic mass is 127.